The molecule has 16 heavy (non-hydrogen) atoms. The molecule has 1 aromatic rings. The van der Waals surface area contributed by atoms with Crippen molar-refractivity contribution in [3.63, 3.8) is 0 Å². The van der Waals surface area contributed by atoms with Gasteiger partial charge in [-0.25, -0.2) is 0 Å². The molecule has 1 aliphatic heterocycles. The molecular weight excluding hydrogens is 198 g/mol. The molecule has 2 rings (SSSR count). The van der Waals surface area contributed by atoms with E-state index < -0.39 is 0 Å². The highest BCUT2D eigenvalue weighted by Gasteiger charge is 2.36. The number of likely N-dealkylation sites (N-methyl/N-ethyl adjacent to an activating group) is 1. The summed E-state index contributed by atoms with van der Waals surface area (Å²) in [5.74, 6) is 0.687. The lowest BCUT2D eigenvalue weighted by Crippen LogP contribution is -2.37. The van der Waals surface area contributed by atoms with Crippen molar-refractivity contribution in [1.82, 2.24) is 4.90 Å². The van der Waals surface area contributed by atoms with Gasteiger partial charge in [0, 0.05) is 5.92 Å². The first kappa shape index (κ1) is 11.3. The molecule has 1 aliphatic rings. The fraction of sp³-hybridized carbons (Fsp3) is 0.500. The van der Waals surface area contributed by atoms with Crippen molar-refractivity contribution >= 4 is 5.78 Å². The van der Waals surface area contributed by atoms with E-state index in [2.05, 4.69) is 36.1 Å². The molecule has 0 aliphatic carbocycles. The normalized spacial score (nSPS) is 25.9. The molecule has 0 saturated carbocycles. The summed E-state index contributed by atoms with van der Waals surface area (Å²) in [5, 5.41) is 0. The van der Waals surface area contributed by atoms with Crippen LogP contribution in [0.2, 0.25) is 0 Å². The number of likely N-dealkylation sites (tertiary alicyclic amines) is 1. The Balaban J connectivity index is 2.25. The van der Waals surface area contributed by atoms with Gasteiger partial charge in [-0.05, 0) is 32.0 Å². The fourth-order valence-corrected chi connectivity index (χ4v) is 2.80. The summed E-state index contributed by atoms with van der Waals surface area (Å²) < 4.78 is 0. The predicted molar refractivity (Wildman–Crippen MR) is 65.5 cm³/mol. The predicted octanol–water partition coefficient (Wildman–Crippen LogP) is 2.45. The van der Waals surface area contributed by atoms with Crippen LogP contribution in [-0.2, 0) is 4.79 Å². The van der Waals surface area contributed by atoms with Gasteiger partial charge in [-0.2, -0.15) is 0 Å². The Morgan fingerprint density at radius 1 is 1.38 bits per heavy atom. The van der Waals surface area contributed by atoms with Crippen LogP contribution in [0.3, 0.4) is 0 Å². The topological polar surface area (TPSA) is 20.3 Å². The highest BCUT2D eigenvalue weighted by atomic mass is 16.1. The van der Waals surface area contributed by atoms with Crippen molar-refractivity contribution in [3.8, 4) is 0 Å². The van der Waals surface area contributed by atoms with Crippen LogP contribution in [0, 0.1) is 0 Å². The van der Waals surface area contributed by atoms with E-state index in [-0.39, 0.29) is 6.04 Å². The number of benzene rings is 1. The third-order valence-electron chi connectivity index (χ3n) is 3.55. The number of rotatable bonds is 3. The minimum atomic E-state index is 0.0902. The van der Waals surface area contributed by atoms with Gasteiger partial charge in [0.25, 0.3) is 0 Å². The largest absolute Gasteiger partial charge is 0.298 e. The standard InChI is InChI=1S/C14H19NO/c1-3-15-10-9-13(14(15)11(2)16)12-7-5-4-6-8-12/h4-8,13-14H,3,9-10H2,1-2H3. The number of Topliss-reactive ketones (excluding diaryl/α,β-unsaturated/α-hetero) is 1. The number of carbonyl (C=O) groups is 1. The minimum absolute atomic E-state index is 0.0902. The maximum absolute atomic E-state index is 11.8. The van der Waals surface area contributed by atoms with E-state index in [1.54, 1.807) is 6.92 Å². The van der Waals surface area contributed by atoms with Crippen LogP contribution in [0.15, 0.2) is 30.3 Å². The molecule has 2 unspecified atom stereocenters. The van der Waals surface area contributed by atoms with E-state index in [1.807, 2.05) is 6.07 Å². The van der Waals surface area contributed by atoms with Gasteiger partial charge in [0.1, 0.15) is 5.78 Å². The smallest absolute Gasteiger partial charge is 0.147 e. The number of carbonyl (C=O) groups excluding carboxylic acids is 1. The monoisotopic (exact) mass is 217 g/mol. The average Bonchev–Trinajstić information content (AvgIpc) is 2.73. The zero-order valence-corrected chi connectivity index (χ0v) is 10.0. The Labute approximate surface area is 97.3 Å². The van der Waals surface area contributed by atoms with Crippen LogP contribution >= 0.6 is 0 Å². The van der Waals surface area contributed by atoms with Crippen molar-refractivity contribution in [3.05, 3.63) is 35.9 Å². The maximum Gasteiger partial charge on any atom is 0.147 e. The van der Waals surface area contributed by atoms with Crippen LogP contribution in [0.25, 0.3) is 0 Å². The van der Waals surface area contributed by atoms with Gasteiger partial charge >= 0.3 is 0 Å². The fourth-order valence-electron chi connectivity index (χ4n) is 2.80. The number of hydrogen-bond acceptors (Lipinski definition) is 2. The molecule has 0 bridgehead atoms. The second-order valence-corrected chi connectivity index (χ2v) is 4.49. The van der Waals surface area contributed by atoms with E-state index in [0.717, 1.165) is 19.5 Å². The quantitative estimate of drug-likeness (QED) is 0.775. The van der Waals surface area contributed by atoms with E-state index >= 15 is 0 Å². The Bertz CT molecular complexity index is 360. The zero-order valence-electron chi connectivity index (χ0n) is 10.0. The maximum atomic E-state index is 11.8. The SMILES string of the molecule is CCN1CCC(c2ccccc2)C1C(C)=O. The average molecular weight is 217 g/mol. The summed E-state index contributed by atoms with van der Waals surface area (Å²) in [6.45, 7) is 5.85. The highest BCUT2D eigenvalue weighted by Crippen LogP contribution is 2.33. The van der Waals surface area contributed by atoms with Crippen molar-refractivity contribution in [2.24, 2.45) is 0 Å². The summed E-state index contributed by atoms with van der Waals surface area (Å²) in [5.41, 5.74) is 1.30. The summed E-state index contributed by atoms with van der Waals surface area (Å²) in [6, 6.07) is 10.5. The molecule has 86 valence electrons. The molecule has 0 aromatic heterocycles. The van der Waals surface area contributed by atoms with Crippen LogP contribution in [0.1, 0.15) is 31.7 Å². The van der Waals surface area contributed by atoms with E-state index in [1.165, 1.54) is 5.56 Å². The summed E-state index contributed by atoms with van der Waals surface area (Å²) >= 11 is 0. The van der Waals surface area contributed by atoms with Gasteiger partial charge in [0.15, 0.2) is 0 Å². The lowest BCUT2D eigenvalue weighted by atomic mass is 9.90. The molecule has 2 heteroatoms. The number of hydrogen-bond donors (Lipinski definition) is 0. The molecule has 0 amide bonds. The summed E-state index contributed by atoms with van der Waals surface area (Å²) in [6.07, 6.45) is 1.10. The third kappa shape index (κ3) is 2.03. The lowest BCUT2D eigenvalue weighted by molar-refractivity contribution is -0.121. The molecule has 0 radical (unpaired) electrons. The Morgan fingerprint density at radius 2 is 2.06 bits per heavy atom. The Kier molecular flexibility index (Phi) is 3.39. The minimum Gasteiger partial charge on any atom is -0.298 e. The van der Waals surface area contributed by atoms with Gasteiger partial charge < -0.3 is 0 Å². The van der Waals surface area contributed by atoms with E-state index in [0.29, 0.717) is 11.7 Å². The summed E-state index contributed by atoms with van der Waals surface area (Å²) in [4.78, 5) is 14.0. The van der Waals surface area contributed by atoms with E-state index in [9.17, 15) is 4.79 Å². The van der Waals surface area contributed by atoms with Crippen LogP contribution in [0.4, 0.5) is 0 Å². The van der Waals surface area contributed by atoms with Crippen molar-refractivity contribution < 1.29 is 4.79 Å². The van der Waals surface area contributed by atoms with Crippen LogP contribution < -0.4 is 0 Å². The molecule has 1 heterocycles. The molecule has 0 spiro atoms. The van der Waals surface area contributed by atoms with Gasteiger partial charge in [0.05, 0.1) is 6.04 Å². The number of ketones is 1. The lowest BCUT2D eigenvalue weighted by Gasteiger charge is -2.24. The molecule has 2 nitrogen and oxygen atoms in total. The molecular formula is C14H19NO. The zero-order chi connectivity index (χ0) is 11.5. The number of nitrogens with zero attached hydrogens (tertiary/aromatic N) is 1. The van der Waals surface area contributed by atoms with Gasteiger partial charge in [-0.1, -0.05) is 37.3 Å². The first-order valence-corrected chi connectivity index (χ1v) is 6.03. The molecule has 2 atom stereocenters. The van der Waals surface area contributed by atoms with Gasteiger partial charge in [0.2, 0.25) is 0 Å². The van der Waals surface area contributed by atoms with Gasteiger partial charge in [-0.3, -0.25) is 9.69 Å². The first-order chi connectivity index (χ1) is 7.74. The van der Waals surface area contributed by atoms with Crippen LogP contribution in [-0.4, -0.2) is 29.8 Å². The highest BCUT2D eigenvalue weighted by molar-refractivity contribution is 5.83. The Morgan fingerprint density at radius 3 is 2.62 bits per heavy atom. The first-order valence-electron chi connectivity index (χ1n) is 6.03. The molecule has 1 saturated heterocycles. The molecule has 0 N–H and O–H groups in total. The van der Waals surface area contributed by atoms with Crippen molar-refractivity contribution in [1.29, 1.82) is 0 Å². The third-order valence-corrected chi connectivity index (χ3v) is 3.55. The van der Waals surface area contributed by atoms with Crippen molar-refractivity contribution in [2.45, 2.75) is 32.2 Å². The molecule has 1 aromatic carbocycles. The Hall–Kier alpha value is -1.15. The second kappa shape index (κ2) is 4.79. The second-order valence-electron chi connectivity index (χ2n) is 4.49. The summed E-state index contributed by atoms with van der Waals surface area (Å²) in [7, 11) is 0. The molecule has 1 fully saturated rings. The van der Waals surface area contributed by atoms with Gasteiger partial charge in [-0.15, -0.1) is 0 Å². The van der Waals surface area contributed by atoms with E-state index in [4.69, 9.17) is 0 Å². The van der Waals surface area contributed by atoms with Crippen LogP contribution in [0.5, 0.6) is 0 Å². The van der Waals surface area contributed by atoms with Crippen molar-refractivity contribution in [2.75, 3.05) is 13.1 Å².